The van der Waals surface area contributed by atoms with E-state index >= 15 is 0 Å². The maximum absolute atomic E-state index is 11.9. The SMILES string of the molecule is CCCC(C)Nc1cccc(NC(=O)C(C)(C)C)c1. The molecule has 0 bridgehead atoms. The van der Waals surface area contributed by atoms with Gasteiger partial charge in [0.2, 0.25) is 5.91 Å². The third-order valence-corrected chi connectivity index (χ3v) is 2.94. The van der Waals surface area contributed by atoms with Gasteiger partial charge >= 0.3 is 0 Å². The van der Waals surface area contributed by atoms with Crippen LogP contribution in [0.2, 0.25) is 0 Å². The summed E-state index contributed by atoms with van der Waals surface area (Å²) in [6, 6.07) is 8.33. The number of rotatable bonds is 5. The molecule has 0 aromatic heterocycles. The van der Waals surface area contributed by atoms with Crippen LogP contribution in [0.15, 0.2) is 24.3 Å². The molecule has 19 heavy (non-hydrogen) atoms. The fraction of sp³-hybridized carbons (Fsp3) is 0.562. The molecule has 1 aromatic rings. The van der Waals surface area contributed by atoms with E-state index in [0.29, 0.717) is 6.04 Å². The zero-order valence-corrected chi connectivity index (χ0v) is 12.7. The molecule has 2 N–H and O–H groups in total. The van der Waals surface area contributed by atoms with Gasteiger partial charge in [-0.15, -0.1) is 0 Å². The molecule has 1 amide bonds. The Balaban J connectivity index is 2.69. The number of hydrogen-bond acceptors (Lipinski definition) is 2. The van der Waals surface area contributed by atoms with Crippen LogP contribution in [-0.4, -0.2) is 11.9 Å². The predicted octanol–water partition coefficient (Wildman–Crippen LogP) is 4.27. The third-order valence-electron chi connectivity index (χ3n) is 2.94. The molecule has 0 fully saturated rings. The van der Waals surface area contributed by atoms with Crippen LogP contribution < -0.4 is 10.6 Å². The van der Waals surface area contributed by atoms with E-state index in [9.17, 15) is 4.79 Å². The molecule has 1 aromatic carbocycles. The van der Waals surface area contributed by atoms with Crippen molar-refractivity contribution in [3.05, 3.63) is 24.3 Å². The van der Waals surface area contributed by atoms with Crippen LogP contribution in [0, 0.1) is 5.41 Å². The highest BCUT2D eigenvalue weighted by Crippen LogP contribution is 2.20. The van der Waals surface area contributed by atoms with Gasteiger partial charge in [0, 0.05) is 22.8 Å². The largest absolute Gasteiger partial charge is 0.383 e. The second-order valence-electron chi connectivity index (χ2n) is 6.12. The van der Waals surface area contributed by atoms with E-state index in [2.05, 4.69) is 24.5 Å². The van der Waals surface area contributed by atoms with Gasteiger partial charge in [0.15, 0.2) is 0 Å². The molecule has 106 valence electrons. The summed E-state index contributed by atoms with van der Waals surface area (Å²) in [4.78, 5) is 11.9. The van der Waals surface area contributed by atoms with Gasteiger partial charge in [-0.05, 0) is 31.5 Å². The van der Waals surface area contributed by atoms with Crippen LogP contribution in [0.5, 0.6) is 0 Å². The molecule has 0 aliphatic carbocycles. The fourth-order valence-corrected chi connectivity index (χ4v) is 1.80. The molecule has 3 heteroatoms. The Hall–Kier alpha value is -1.51. The maximum atomic E-state index is 11.9. The first kappa shape index (κ1) is 15.5. The summed E-state index contributed by atoms with van der Waals surface area (Å²) in [6.07, 6.45) is 2.30. The van der Waals surface area contributed by atoms with Crippen molar-refractivity contribution < 1.29 is 4.79 Å². The minimum atomic E-state index is -0.376. The summed E-state index contributed by atoms with van der Waals surface area (Å²) in [5.41, 5.74) is 1.51. The monoisotopic (exact) mass is 262 g/mol. The molecule has 0 saturated heterocycles. The van der Waals surface area contributed by atoms with Crippen molar-refractivity contribution in [3.63, 3.8) is 0 Å². The Morgan fingerprint density at radius 1 is 1.26 bits per heavy atom. The highest BCUT2D eigenvalue weighted by molar-refractivity contribution is 5.94. The molecule has 0 aliphatic rings. The molecule has 0 saturated carbocycles. The first-order valence-corrected chi connectivity index (χ1v) is 7.01. The van der Waals surface area contributed by atoms with Crippen molar-refractivity contribution in [3.8, 4) is 0 Å². The van der Waals surface area contributed by atoms with Gasteiger partial charge in [-0.25, -0.2) is 0 Å². The quantitative estimate of drug-likeness (QED) is 0.832. The normalized spacial score (nSPS) is 12.9. The predicted molar refractivity (Wildman–Crippen MR) is 82.5 cm³/mol. The van der Waals surface area contributed by atoms with Crippen molar-refractivity contribution in [2.45, 2.75) is 53.5 Å². The Morgan fingerprint density at radius 3 is 2.47 bits per heavy atom. The number of benzene rings is 1. The number of nitrogens with one attached hydrogen (secondary N) is 2. The first-order valence-electron chi connectivity index (χ1n) is 7.01. The molecular formula is C16H26N2O. The number of hydrogen-bond donors (Lipinski definition) is 2. The molecule has 0 radical (unpaired) electrons. The van der Waals surface area contributed by atoms with Gasteiger partial charge in [-0.2, -0.15) is 0 Å². The average Bonchev–Trinajstić information content (AvgIpc) is 2.28. The second-order valence-corrected chi connectivity index (χ2v) is 6.12. The Labute approximate surface area is 116 Å². The molecular weight excluding hydrogens is 236 g/mol. The van der Waals surface area contributed by atoms with Crippen LogP contribution in [0.1, 0.15) is 47.5 Å². The Kier molecular flexibility index (Phi) is 5.40. The first-order chi connectivity index (χ1) is 8.82. The number of amides is 1. The molecule has 1 rings (SSSR count). The molecule has 0 heterocycles. The highest BCUT2D eigenvalue weighted by atomic mass is 16.2. The van der Waals surface area contributed by atoms with Crippen LogP contribution in [0.25, 0.3) is 0 Å². The second kappa shape index (κ2) is 6.60. The van der Waals surface area contributed by atoms with E-state index in [1.807, 2.05) is 45.0 Å². The lowest BCUT2D eigenvalue weighted by molar-refractivity contribution is -0.123. The third kappa shape index (κ3) is 5.33. The van der Waals surface area contributed by atoms with Crippen molar-refractivity contribution >= 4 is 17.3 Å². The van der Waals surface area contributed by atoms with Gasteiger partial charge in [0.25, 0.3) is 0 Å². The maximum Gasteiger partial charge on any atom is 0.229 e. The van der Waals surface area contributed by atoms with Crippen LogP contribution in [-0.2, 0) is 4.79 Å². The van der Waals surface area contributed by atoms with Crippen LogP contribution >= 0.6 is 0 Å². The van der Waals surface area contributed by atoms with Gasteiger partial charge in [0.1, 0.15) is 0 Å². The molecule has 0 aliphatic heterocycles. The standard InChI is InChI=1S/C16H26N2O/c1-6-8-12(2)17-13-9-7-10-14(11-13)18-15(19)16(3,4)5/h7,9-12,17H,6,8H2,1-5H3,(H,18,19). The highest BCUT2D eigenvalue weighted by Gasteiger charge is 2.21. The zero-order valence-electron chi connectivity index (χ0n) is 12.7. The van der Waals surface area contributed by atoms with Crippen molar-refractivity contribution in [2.24, 2.45) is 5.41 Å². The minimum Gasteiger partial charge on any atom is -0.383 e. The molecule has 1 unspecified atom stereocenters. The van der Waals surface area contributed by atoms with Crippen molar-refractivity contribution in [1.29, 1.82) is 0 Å². The van der Waals surface area contributed by atoms with Crippen molar-refractivity contribution in [2.75, 3.05) is 10.6 Å². The van der Waals surface area contributed by atoms with E-state index in [1.54, 1.807) is 0 Å². The summed E-state index contributed by atoms with van der Waals surface area (Å²) >= 11 is 0. The van der Waals surface area contributed by atoms with Crippen LogP contribution in [0.3, 0.4) is 0 Å². The summed E-state index contributed by atoms with van der Waals surface area (Å²) in [6.45, 7) is 10.1. The lowest BCUT2D eigenvalue weighted by Gasteiger charge is -2.19. The smallest absolute Gasteiger partial charge is 0.229 e. The van der Waals surface area contributed by atoms with E-state index in [4.69, 9.17) is 0 Å². The lowest BCUT2D eigenvalue weighted by atomic mass is 9.95. The summed E-state index contributed by atoms with van der Waals surface area (Å²) in [5.74, 6) is 0.0336. The lowest BCUT2D eigenvalue weighted by Crippen LogP contribution is -2.27. The van der Waals surface area contributed by atoms with E-state index in [-0.39, 0.29) is 11.3 Å². The van der Waals surface area contributed by atoms with Gasteiger partial charge in [0.05, 0.1) is 0 Å². The summed E-state index contributed by atoms with van der Waals surface area (Å²) in [7, 11) is 0. The van der Waals surface area contributed by atoms with Gasteiger partial charge < -0.3 is 10.6 Å². The zero-order chi connectivity index (χ0) is 14.5. The van der Waals surface area contributed by atoms with E-state index in [0.717, 1.165) is 24.2 Å². The van der Waals surface area contributed by atoms with Gasteiger partial charge in [-0.3, -0.25) is 4.79 Å². The van der Waals surface area contributed by atoms with Crippen molar-refractivity contribution in [1.82, 2.24) is 0 Å². The molecule has 1 atom stereocenters. The minimum absolute atomic E-state index is 0.0336. The molecule has 3 nitrogen and oxygen atoms in total. The molecule has 0 spiro atoms. The van der Waals surface area contributed by atoms with E-state index < -0.39 is 0 Å². The Morgan fingerprint density at radius 2 is 1.89 bits per heavy atom. The van der Waals surface area contributed by atoms with Crippen LogP contribution in [0.4, 0.5) is 11.4 Å². The van der Waals surface area contributed by atoms with Gasteiger partial charge in [-0.1, -0.05) is 40.2 Å². The number of carbonyl (C=O) groups excluding carboxylic acids is 1. The summed E-state index contributed by atoms with van der Waals surface area (Å²) in [5, 5.41) is 6.39. The number of carbonyl (C=O) groups is 1. The fourth-order valence-electron chi connectivity index (χ4n) is 1.80. The average molecular weight is 262 g/mol. The Bertz CT molecular complexity index is 421. The summed E-state index contributed by atoms with van der Waals surface area (Å²) < 4.78 is 0. The van der Waals surface area contributed by atoms with E-state index in [1.165, 1.54) is 0 Å². The number of anilines is 2. The topological polar surface area (TPSA) is 41.1 Å².